The van der Waals surface area contributed by atoms with E-state index in [4.69, 9.17) is 9.84 Å². The Labute approximate surface area is 116 Å². The normalized spacial score (nSPS) is 13.1. The topological polar surface area (TPSA) is 108 Å². The molecule has 0 aliphatic rings. The van der Waals surface area contributed by atoms with Gasteiger partial charge in [0.25, 0.3) is 0 Å². The number of urea groups is 1. The van der Waals surface area contributed by atoms with Crippen LogP contribution in [0.5, 0.6) is 5.75 Å². The number of hydrogen-bond donors (Lipinski definition) is 4. The Bertz CT molecular complexity index is 436. The maximum Gasteiger partial charge on any atom is 0.328 e. The third kappa shape index (κ3) is 5.57. The van der Waals surface area contributed by atoms with Gasteiger partial charge in [-0.1, -0.05) is 18.2 Å². The van der Waals surface area contributed by atoms with E-state index in [9.17, 15) is 14.7 Å². The molecular weight excluding hydrogens is 264 g/mol. The Kier molecular flexibility index (Phi) is 6.31. The fourth-order valence-corrected chi connectivity index (χ4v) is 1.43. The second-order valence-electron chi connectivity index (χ2n) is 4.12. The van der Waals surface area contributed by atoms with Gasteiger partial charge in [0.2, 0.25) is 0 Å². The average Bonchev–Trinajstić information content (AvgIpc) is 2.41. The number of benzene rings is 1. The number of carboxylic acid groups (broad SMARTS) is 1. The molecule has 0 unspecified atom stereocenters. The Balaban J connectivity index is 2.24. The molecule has 0 heterocycles. The molecule has 7 nitrogen and oxygen atoms in total. The molecule has 7 heteroatoms. The lowest BCUT2D eigenvalue weighted by atomic mass is 10.2. The van der Waals surface area contributed by atoms with Crippen molar-refractivity contribution in [2.24, 2.45) is 0 Å². The molecule has 1 aromatic carbocycles. The SMILES string of the molecule is C[C@@H](O)[C@H](NC(=O)NCCOc1ccccc1)C(=O)O. The van der Waals surface area contributed by atoms with Gasteiger partial charge in [-0.25, -0.2) is 9.59 Å². The lowest BCUT2D eigenvalue weighted by Crippen LogP contribution is -2.51. The van der Waals surface area contributed by atoms with Crippen molar-refractivity contribution >= 4 is 12.0 Å². The Hall–Kier alpha value is -2.28. The van der Waals surface area contributed by atoms with Crippen molar-refractivity contribution in [3.8, 4) is 5.75 Å². The Morgan fingerprint density at radius 1 is 1.30 bits per heavy atom. The van der Waals surface area contributed by atoms with Crippen LogP contribution in [0.15, 0.2) is 30.3 Å². The fourth-order valence-electron chi connectivity index (χ4n) is 1.43. The lowest BCUT2D eigenvalue weighted by molar-refractivity contribution is -0.141. The van der Waals surface area contributed by atoms with Crippen LogP contribution in [0.2, 0.25) is 0 Å². The number of ether oxygens (including phenoxy) is 1. The monoisotopic (exact) mass is 282 g/mol. The minimum Gasteiger partial charge on any atom is -0.492 e. The van der Waals surface area contributed by atoms with Crippen LogP contribution < -0.4 is 15.4 Å². The van der Waals surface area contributed by atoms with E-state index in [0.29, 0.717) is 5.75 Å². The van der Waals surface area contributed by atoms with Crippen LogP contribution >= 0.6 is 0 Å². The number of aliphatic hydroxyl groups is 1. The second-order valence-corrected chi connectivity index (χ2v) is 4.12. The van der Waals surface area contributed by atoms with Gasteiger partial charge in [-0.15, -0.1) is 0 Å². The van der Waals surface area contributed by atoms with Crippen molar-refractivity contribution in [1.29, 1.82) is 0 Å². The maximum absolute atomic E-state index is 11.4. The summed E-state index contributed by atoms with van der Waals surface area (Å²) in [5.74, 6) is -0.613. The van der Waals surface area contributed by atoms with Crippen molar-refractivity contribution in [2.75, 3.05) is 13.2 Å². The van der Waals surface area contributed by atoms with Crippen LogP contribution in [0.25, 0.3) is 0 Å². The summed E-state index contributed by atoms with van der Waals surface area (Å²) in [5, 5.41) is 22.6. The standard InChI is InChI=1S/C13H18N2O5/c1-9(16)11(12(17)18)15-13(19)14-7-8-20-10-5-3-2-4-6-10/h2-6,9,11,16H,7-8H2,1H3,(H,17,18)(H2,14,15,19)/t9-,11+/m1/s1. The lowest BCUT2D eigenvalue weighted by Gasteiger charge is -2.17. The quantitative estimate of drug-likeness (QED) is 0.534. The third-order valence-electron chi connectivity index (χ3n) is 2.43. The van der Waals surface area contributed by atoms with Gasteiger partial charge < -0.3 is 25.6 Å². The summed E-state index contributed by atoms with van der Waals surface area (Å²) in [4.78, 5) is 22.2. The molecule has 0 aliphatic carbocycles. The maximum atomic E-state index is 11.4. The first-order valence-corrected chi connectivity index (χ1v) is 6.14. The van der Waals surface area contributed by atoms with Gasteiger partial charge in [0.15, 0.2) is 6.04 Å². The summed E-state index contributed by atoms with van der Waals surface area (Å²) in [7, 11) is 0. The summed E-state index contributed by atoms with van der Waals surface area (Å²) >= 11 is 0. The van der Waals surface area contributed by atoms with E-state index in [1.807, 2.05) is 18.2 Å². The predicted molar refractivity (Wildman–Crippen MR) is 71.6 cm³/mol. The number of carbonyl (C=O) groups is 2. The number of carboxylic acids is 1. The van der Waals surface area contributed by atoms with Crippen LogP contribution in [0.3, 0.4) is 0 Å². The number of amides is 2. The van der Waals surface area contributed by atoms with Crippen LogP contribution in [0, 0.1) is 0 Å². The van der Waals surface area contributed by atoms with Gasteiger partial charge >= 0.3 is 12.0 Å². The summed E-state index contributed by atoms with van der Waals surface area (Å²) in [6.45, 7) is 1.76. The highest BCUT2D eigenvalue weighted by Gasteiger charge is 2.24. The first kappa shape index (κ1) is 15.8. The minimum absolute atomic E-state index is 0.215. The molecular formula is C13H18N2O5. The van der Waals surface area contributed by atoms with E-state index in [2.05, 4.69) is 10.6 Å². The molecule has 0 saturated carbocycles. The summed E-state index contributed by atoms with van der Waals surface area (Å²) in [6, 6.07) is 7.08. The van der Waals surface area contributed by atoms with Crippen molar-refractivity contribution in [3.63, 3.8) is 0 Å². The summed E-state index contributed by atoms with van der Waals surface area (Å²) < 4.78 is 5.35. The van der Waals surface area contributed by atoms with E-state index in [-0.39, 0.29) is 13.2 Å². The van der Waals surface area contributed by atoms with E-state index < -0.39 is 24.1 Å². The predicted octanol–water partition coefficient (Wildman–Crippen LogP) is 0.199. The average molecular weight is 282 g/mol. The van der Waals surface area contributed by atoms with E-state index in [0.717, 1.165) is 0 Å². The summed E-state index contributed by atoms with van der Waals surface area (Å²) in [6.07, 6.45) is -1.18. The minimum atomic E-state index is -1.34. The Morgan fingerprint density at radius 2 is 1.95 bits per heavy atom. The molecule has 0 aliphatic heterocycles. The molecule has 1 rings (SSSR count). The number of para-hydroxylation sites is 1. The first-order valence-electron chi connectivity index (χ1n) is 6.14. The van der Waals surface area contributed by atoms with Crippen molar-refractivity contribution in [2.45, 2.75) is 19.1 Å². The third-order valence-corrected chi connectivity index (χ3v) is 2.43. The zero-order valence-corrected chi connectivity index (χ0v) is 11.1. The van der Waals surface area contributed by atoms with E-state index >= 15 is 0 Å². The molecule has 2 atom stereocenters. The van der Waals surface area contributed by atoms with Crippen molar-refractivity contribution in [3.05, 3.63) is 30.3 Å². The van der Waals surface area contributed by atoms with Gasteiger partial charge in [-0.2, -0.15) is 0 Å². The van der Waals surface area contributed by atoms with Crippen LogP contribution in [-0.2, 0) is 4.79 Å². The zero-order valence-electron chi connectivity index (χ0n) is 11.1. The second kappa shape index (κ2) is 8.00. The number of hydrogen-bond acceptors (Lipinski definition) is 4. The first-order chi connectivity index (χ1) is 9.50. The molecule has 4 N–H and O–H groups in total. The smallest absolute Gasteiger partial charge is 0.328 e. The summed E-state index contributed by atoms with van der Waals surface area (Å²) in [5.41, 5.74) is 0. The molecule has 0 aromatic heterocycles. The van der Waals surface area contributed by atoms with Crippen LogP contribution in [0.1, 0.15) is 6.92 Å². The van der Waals surface area contributed by atoms with Gasteiger partial charge in [-0.05, 0) is 19.1 Å². The van der Waals surface area contributed by atoms with Crippen LogP contribution in [0.4, 0.5) is 4.79 Å². The van der Waals surface area contributed by atoms with E-state index in [1.54, 1.807) is 12.1 Å². The molecule has 0 spiro atoms. The molecule has 0 bridgehead atoms. The van der Waals surface area contributed by atoms with Gasteiger partial charge in [0, 0.05) is 0 Å². The number of rotatable bonds is 7. The van der Waals surface area contributed by atoms with E-state index in [1.165, 1.54) is 6.92 Å². The highest BCUT2D eigenvalue weighted by atomic mass is 16.5. The van der Waals surface area contributed by atoms with Crippen molar-refractivity contribution < 1.29 is 24.5 Å². The number of nitrogens with one attached hydrogen (secondary N) is 2. The largest absolute Gasteiger partial charge is 0.492 e. The molecule has 0 fully saturated rings. The van der Waals surface area contributed by atoms with Crippen LogP contribution in [-0.4, -0.2) is 47.5 Å². The van der Waals surface area contributed by atoms with Gasteiger partial charge in [0.05, 0.1) is 12.6 Å². The molecule has 20 heavy (non-hydrogen) atoms. The molecule has 0 radical (unpaired) electrons. The van der Waals surface area contributed by atoms with Gasteiger partial charge in [0.1, 0.15) is 12.4 Å². The zero-order chi connectivity index (χ0) is 15.0. The fraction of sp³-hybridized carbons (Fsp3) is 0.385. The van der Waals surface area contributed by atoms with Gasteiger partial charge in [-0.3, -0.25) is 0 Å². The molecule has 2 amide bonds. The Morgan fingerprint density at radius 3 is 2.50 bits per heavy atom. The number of aliphatic hydroxyl groups excluding tert-OH is 1. The molecule has 1 aromatic rings. The number of aliphatic carboxylic acids is 1. The molecule has 110 valence electrons. The highest BCUT2D eigenvalue weighted by Crippen LogP contribution is 2.07. The molecule has 0 saturated heterocycles. The van der Waals surface area contributed by atoms with Crippen molar-refractivity contribution in [1.82, 2.24) is 10.6 Å². The highest BCUT2D eigenvalue weighted by molar-refractivity contribution is 5.82. The number of carbonyl (C=O) groups excluding carboxylic acids is 1.